The van der Waals surface area contributed by atoms with Gasteiger partial charge in [-0.1, -0.05) is 12.1 Å². The molecule has 2 aromatic carbocycles. The summed E-state index contributed by atoms with van der Waals surface area (Å²) in [5.74, 6) is 0.00568. The molecule has 0 spiro atoms. The van der Waals surface area contributed by atoms with Gasteiger partial charge in [0.1, 0.15) is 0 Å². The monoisotopic (exact) mass is 386 g/mol. The first-order valence-electron chi connectivity index (χ1n) is 9.29. The molecule has 0 aliphatic carbocycles. The molecule has 3 rings (SSSR count). The van der Waals surface area contributed by atoms with Gasteiger partial charge in [0.2, 0.25) is 0 Å². The van der Waals surface area contributed by atoms with Gasteiger partial charge in [0, 0.05) is 23.8 Å². The van der Waals surface area contributed by atoms with Gasteiger partial charge >= 0.3 is 0 Å². The molecule has 1 aliphatic heterocycles. The van der Waals surface area contributed by atoms with Gasteiger partial charge < -0.3 is 4.90 Å². The van der Waals surface area contributed by atoms with Crippen LogP contribution in [0.2, 0.25) is 0 Å². The second-order valence-electron chi connectivity index (χ2n) is 7.30. The van der Waals surface area contributed by atoms with E-state index in [9.17, 15) is 13.2 Å². The lowest BCUT2D eigenvalue weighted by molar-refractivity contribution is 0.0635. The number of anilines is 1. The average Bonchev–Trinajstić information content (AvgIpc) is 2.64. The van der Waals surface area contributed by atoms with Crippen molar-refractivity contribution in [3.8, 4) is 0 Å². The van der Waals surface area contributed by atoms with E-state index in [0.29, 0.717) is 16.8 Å². The lowest BCUT2D eigenvalue weighted by atomic mass is 10.0. The highest BCUT2D eigenvalue weighted by molar-refractivity contribution is 7.92. The van der Waals surface area contributed by atoms with Crippen LogP contribution in [0.3, 0.4) is 0 Å². The van der Waals surface area contributed by atoms with E-state index in [4.69, 9.17) is 0 Å². The van der Waals surface area contributed by atoms with Crippen molar-refractivity contribution in [3.63, 3.8) is 0 Å². The quantitative estimate of drug-likeness (QED) is 0.859. The third kappa shape index (κ3) is 4.33. The maximum atomic E-state index is 12.7. The number of likely N-dealkylation sites (tertiary alicyclic amines) is 1. The van der Waals surface area contributed by atoms with Crippen LogP contribution in [-0.2, 0) is 10.0 Å². The number of aryl methyl sites for hydroxylation is 2. The largest absolute Gasteiger partial charge is 0.336 e. The van der Waals surface area contributed by atoms with Gasteiger partial charge in [-0.25, -0.2) is 8.42 Å². The van der Waals surface area contributed by atoms with E-state index in [1.807, 2.05) is 17.9 Å². The zero-order valence-electron chi connectivity index (χ0n) is 16.0. The molecule has 5 nitrogen and oxygen atoms in total. The van der Waals surface area contributed by atoms with E-state index in [0.717, 1.165) is 31.4 Å². The summed E-state index contributed by atoms with van der Waals surface area (Å²) in [6, 6.07) is 12.2. The number of carbonyl (C=O) groups excluding carboxylic acids is 1. The molecule has 1 aliphatic rings. The Labute approximate surface area is 161 Å². The Morgan fingerprint density at radius 3 is 2.44 bits per heavy atom. The molecule has 0 saturated carbocycles. The Kier molecular flexibility index (Phi) is 5.56. The van der Waals surface area contributed by atoms with Crippen molar-refractivity contribution in [2.24, 2.45) is 0 Å². The molecular formula is C21H26N2O3S. The molecule has 1 heterocycles. The second kappa shape index (κ2) is 7.72. The molecule has 27 heavy (non-hydrogen) atoms. The summed E-state index contributed by atoms with van der Waals surface area (Å²) in [6.45, 7) is 6.49. The predicted molar refractivity (Wildman–Crippen MR) is 108 cm³/mol. The van der Waals surface area contributed by atoms with Crippen LogP contribution in [0.1, 0.15) is 47.7 Å². The van der Waals surface area contributed by atoms with Crippen molar-refractivity contribution in [3.05, 3.63) is 59.2 Å². The normalized spacial score (nSPS) is 17.6. The smallest absolute Gasteiger partial charge is 0.262 e. The van der Waals surface area contributed by atoms with Crippen molar-refractivity contribution in [1.29, 1.82) is 0 Å². The minimum atomic E-state index is -3.67. The number of hydrogen-bond donors (Lipinski definition) is 1. The first-order valence-corrected chi connectivity index (χ1v) is 10.8. The third-order valence-electron chi connectivity index (χ3n) is 5.08. The molecule has 144 valence electrons. The molecule has 1 unspecified atom stereocenters. The fourth-order valence-corrected chi connectivity index (χ4v) is 4.84. The van der Waals surface area contributed by atoms with E-state index >= 15 is 0 Å². The van der Waals surface area contributed by atoms with Gasteiger partial charge in [0.05, 0.1) is 4.90 Å². The van der Waals surface area contributed by atoms with Crippen molar-refractivity contribution < 1.29 is 13.2 Å². The highest BCUT2D eigenvalue weighted by Crippen LogP contribution is 2.23. The molecule has 1 atom stereocenters. The van der Waals surface area contributed by atoms with Gasteiger partial charge in [-0.2, -0.15) is 0 Å². The topological polar surface area (TPSA) is 66.5 Å². The molecule has 1 saturated heterocycles. The summed E-state index contributed by atoms with van der Waals surface area (Å²) in [7, 11) is -3.67. The molecule has 0 bridgehead atoms. The third-order valence-corrected chi connectivity index (χ3v) is 6.60. The van der Waals surface area contributed by atoms with E-state index in [2.05, 4.69) is 11.6 Å². The van der Waals surface area contributed by atoms with Gasteiger partial charge in [-0.3, -0.25) is 9.52 Å². The minimum Gasteiger partial charge on any atom is -0.336 e. The number of nitrogens with zero attached hydrogens (tertiary/aromatic N) is 1. The van der Waals surface area contributed by atoms with Crippen LogP contribution in [0.5, 0.6) is 0 Å². The van der Waals surface area contributed by atoms with E-state index < -0.39 is 10.0 Å². The first kappa shape index (κ1) is 19.4. The number of hydrogen-bond acceptors (Lipinski definition) is 3. The van der Waals surface area contributed by atoms with Gasteiger partial charge in [-0.05, 0) is 81.5 Å². The number of carbonyl (C=O) groups is 1. The van der Waals surface area contributed by atoms with Crippen LogP contribution in [0.25, 0.3) is 0 Å². The minimum absolute atomic E-state index is 0.00568. The fourth-order valence-electron chi connectivity index (χ4n) is 3.45. The Balaban J connectivity index is 1.77. The summed E-state index contributed by atoms with van der Waals surface area (Å²) in [4.78, 5) is 14.9. The van der Waals surface area contributed by atoms with E-state index in [1.54, 1.807) is 43.3 Å². The number of sulfonamides is 1. The summed E-state index contributed by atoms with van der Waals surface area (Å²) in [6.07, 6.45) is 3.22. The molecule has 0 aromatic heterocycles. The number of amides is 1. The number of nitrogens with one attached hydrogen (secondary N) is 1. The van der Waals surface area contributed by atoms with Crippen LogP contribution in [0.4, 0.5) is 5.69 Å². The predicted octanol–water partition coefficient (Wildman–Crippen LogP) is 4.12. The Morgan fingerprint density at radius 2 is 1.78 bits per heavy atom. The lowest BCUT2D eigenvalue weighted by Crippen LogP contribution is -2.42. The number of rotatable bonds is 4. The van der Waals surface area contributed by atoms with Crippen LogP contribution in [-0.4, -0.2) is 31.8 Å². The van der Waals surface area contributed by atoms with Crippen LogP contribution < -0.4 is 4.72 Å². The van der Waals surface area contributed by atoms with Crippen molar-refractivity contribution in [2.45, 2.75) is 51.0 Å². The molecule has 1 amide bonds. The second-order valence-corrected chi connectivity index (χ2v) is 8.95. The van der Waals surface area contributed by atoms with Crippen LogP contribution >= 0.6 is 0 Å². The molecule has 0 radical (unpaired) electrons. The highest BCUT2D eigenvalue weighted by Gasteiger charge is 2.24. The summed E-state index contributed by atoms with van der Waals surface area (Å²) < 4.78 is 28.0. The maximum absolute atomic E-state index is 12.7. The standard InChI is InChI=1S/C21H26N2O3S/c1-15-7-8-16(2)20(14-15)27(25,26)22-19-11-9-18(10-12-19)21(24)23-13-5-4-6-17(23)3/h7-12,14,17,22H,4-6,13H2,1-3H3. The highest BCUT2D eigenvalue weighted by atomic mass is 32.2. The van der Waals surface area contributed by atoms with Crippen LogP contribution in [0.15, 0.2) is 47.4 Å². The Hall–Kier alpha value is -2.34. The van der Waals surface area contributed by atoms with Gasteiger partial charge in [0.25, 0.3) is 15.9 Å². The molecule has 6 heteroatoms. The molecule has 1 fully saturated rings. The zero-order chi connectivity index (χ0) is 19.6. The van der Waals surface area contributed by atoms with Gasteiger partial charge in [0.15, 0.2) is 0 Å². The lowest BCUT2D eigenvalue weighted by Gasteiger charge is -2.33. The molecule has 2 aromatic rings. The fraction of sp³-hybridized carbons (Fsp3) is 0.381. The summed E-state index contributed by atoms with van der Waals surface area (Å²) >= 11 is 0. The summed E-state index contributed by atoms with van der Waals surface area (Å²) in [5.41, 5.74) is 2.61. The zero-order valence-corrected chi connectivity index (χ0v) is 16.8. The van der Waals surface area contributed by atoms with E-state index in [-0.39, 0.29) is 16.8 Å². The van der Waals surface area contributed by atoms with E-state index in [1.165, 1.54) is 0 Å². The molecular weight excluding hydrogens is 360 g/mol. The van der Waals surface area contributed by atoms with Crippen molar-refractivity contribution >= 4 is 21.6 Å². The Bertz CT molecular complexity index is 936. The molecule has 1 N–H and O–H groups in total. The maximum Gasteiger partial charge on any atom is 0.262 e. The first-order chi connectivity index (χ1) is 12.8. The number of benzene rings is 2. The van der Waals surface area contributed by atoms with Crippen molar-refractivity contribution in [1.82, 2.24) is 4.90 Å². The summed E-state index contributed by atoms with van der Waals surface area (Å²) in [5, 5.41) is 0. The SMILES string of the molecule is Cc1ccc(C)c(S(=O)(=O)Nc2ccc(C(=O)N3CCCCC3C)cc2)c1. The Morgan fingerprint density at radius 1 is 1.07 bits per heavy atom. The number of piperidine rings is 1. The van der Waals surface area contributed by atoms with Crippen molar-refractivity contribution in [2.75, 3.05) is 11.3 Å². The van der Waals surface area contributed by atoms with Crippen LogP contribution in [0, 0.1) is 13.8 Å². The average molecular weight is 387 g/mol. The van der Waals surface area contributed by atoms with Gasteiger partial charge in [-0.15, -0.1) is 0 Å².